The fourth-order valence-corrected chi connectivity index (χ4v) is 7.06. The van der Waals surface area contributed by atoms with Crippen molar-refractivity contribution < 1.29 is 14.9 Å². The van der Waals surface area contributed by atoms with Crippen molar-refractivity contribution >= 4 is 0 Å². The fraction of sp³-hybridized carbons (Fsp3) is 0.500. The number of allylic oxidation sites excluding steroid dienone is 18. The smallest absolute Gasteiger partial charge is 0.121 e. The first-order valence-corrected chi connectivity index (χ1v) is 15.9. The molecule has 0 radical (unpaired) electrons. The van der Waals surface area contributed by atoms with Crippen LogP contribution >= 0.6 is 0 Å². The maximum atomic E-state index is 10.2. The Morgan fingerprint density at radius 1 is 0.674 bits per heavy atom. The number of ether oxygens (including phenoxy) is 1. The van der Waals surface area contributed by atoms with E-state index in [9.17, 15) is 10.2 Å². The molecule has 234 valence electrons. The number of hydrogen-bond acceptors (Lipinski definition) is 3. The first kappa shape index (κ1) is 34.8. The van der Waals surface area contributed by atoms with Gasteiger partial charge in [0.25, 0.3) is 0 Å². The van der Waals surface area contributed by atoms with E-state index in [4.69, 9.17) is 4.74 Å². The molecular weight excluding hydrogens is 528 g/mol. The molecule has 0 spiro atoms. The van der Waals surface area contributed by atoms with E-state index in [0.717, 1.165) is 19.3 Å². The van der Waals surface area contributed by atoms with Crippen LogP contribution in [0.4, 0.5) is 0 Å². The van der Waals surface area contributed by atoms with Gasteiger partial charge in [-0.15, -0.1) is 0 Å². The van der Waals surface area contributed by atoms with Gasteiger partial charge in [0, 0.05) is 11.8 Å². The minimum absolute atomic E-state index is 0.00262. The van der Waals surface area contributed by atoms with Crippen molar-refractivity contribution in [1.29, 1.82) is 0 Å². The normalized spacial score (nSPS) is 32.3. The summed E-state index contributed by atoms with van der Waals surface area (Å²) in [5, 5.41) is 20.4. The highest BCUT2D eigenvalue weighted by molar-refractivity contribution is 5.39. The summed E-state index contributed by atoms with van der Waals surface area (Å²) in [7, 11) is 0. The molecule has 0 aromatic carbocycles. The van der Waals surface area contributed by atoms with Crippen LogP contribution in [0.2, 0.25) is 0 Å². The molecule has 1 aliphatic heterocycles. The molecule has 0 aromatic heterocycles. The maximum absolute atomic E-state index is 10.2. The van der Waals surface area contributed by atoms with Gasteiger partial charge < -0.3 is 14.9 Å². The second kappa shape index (κ2) is 13.9. The van der Waals surface area contributed by atoms with E-state index in [-0.39, 0.29) is 34.2 Å². The van der Waals surface area contributed by atoms with Gasteiger partial charge in [0.2, 0.25) is 0 Å². The van der Waals surface area contributed by atoms with E-state index in [0.29, 0.717) is 6.42 Å². The lowest BCUT2D eigenvalue weighted by Crippen LogP contribution is -2.46. The molecule has 3 rings (SSSR count). The van der Waals surface area contributed by atoms with Crippen LogP contribution in [0.5, 0.6) is 0 Å². The lowest BCUT2D eigenvalue weighted by molar-refractivity contribution is 0.0515. The van der Waals surface area contributed by atoms with Gasteiger partial charge in [0.1, 0.15) is 11.2 Å². The van der Waals surface area contributed by atoms with E-state index in [1.807, 2.05) is 0 Å². The molecule has 3 nitrogen and oxygen atoms in total. The third-order valence-electron chi connectivity index (χ3n) is 9.34. The van der Waals surface area contributed by atoms with Gasteiger partial charge in [0.05, 0.1) is 12.2 Å². The van der Waals surface area contributed by atoms with Crippen molar-refractivity contribution in [2.45, 2.75) is 118 Å². The lowest BCUT2D eigenvalue weighted by Gasteiger charge is -2.39. The predicted octanol–water partition coefficient (Wildman–Crippen LogP) is 9.76. The molecule has 0 bridgehead atoms. The summed E-state index contributed by atoms with van der Waals surface area (Å²) in [6.07, 6.45) is 32.3. The van der Waals surface area contributed by atoms with Crippen LogP contribution in [0, 0.1) is 10.8 Å². The first-order chi connectivity index (χ1) is 20.0. The topological polar surface area (TPSA) is 53.0 Å². The van der Waals surface area contributed by atoms with E-state index in [1.54, 1.807) is 0 Å². The molecule has 2 fully saturated rings. The van der Waals surface area contributed by atoms with Gasteiger partial charge >= 0.3 is 0 Å². The molecule has 2 N–H and O–H groups in total. The molecule has 3 heteroatoms. The first-order valence-electron chi connectivity index (χ1n) is 15.9. The number of aliphatic hydroxyl groups excluding tert-OH is 2. The molecule has 0 unspecified atom stereocenters. The summed E-state index contributed by atoms with van der Waals surface area (Å²) in [6, 6.07) is 0. The Kier molecular flexibility index (Phi) is 11.3. The van der Waals surface area contributed by atoms with Crippen LogP contribution in [-0.2, 0) is 4.74 Å². The van der Waals surface area contributed by atoms with Crippen molar-refractivity contribution in [2.24, 2.45) is 10.8 Å². The highest BCUT2D eigenvalue weighted by Gasteiger charge is 2.74. The number of aliphatic hydroxyl groups is 2. The minimum atomic E-state index is -0.291. The van der Waals surface area contributed by atoms with E-state index in [1.165, 1.54) is 33.4 Å². The molecule has 2 aliphatic carbocycles. The second-order valence-electron chi connectivity index (χ2n) is 14.6. The van der Waals surface area contributed by atoms with Crippen molar-refractivity contribution in [1.82, 2.24) is 0 Å². The van der Waals surface area contributed by atoms with Crippen LogP contribution in [0.1, 0.15) is 94.9 Å². The molecule has 4 atom stereocenters. The SMILES string of the molecule is CC(C=CC=C(C)C=CC1=C(C)C[C@@H](O)CC1(C)C)=CC=CC=C(C)C=CC=C(C)C=C[C@@]12O[C@]1(C)C[C@@H](O)CC2(C)C. The number of rotatable bonds is 10. The molecular formula is C40H56O3. The molecule has 3 aliphatic rings. The zero-order chi connectivity index (χ0) is 32.1. The molecule has 0 amide bonds. The van der Waals surface area contributed by atoms with Crippen LogP contribution in [0.25, 0.3) is 0 Å². The third-order valence-corrected chi connectivity index (χ3v) is 9.34. The number of hydrogen-bond donors (Lipinski definition) is 2. The highest BCUT2D eigenvalue weighted by atomic mass is 16.6. The molecule has 1 saturated heterocycles. The van der Waals surface area contributed by atoms with Gasteiger partial charge in [-0.25, -0.2) is 0 Å². The number of epoxide rings is 1. The molecule has 43 heavy (non-hydrogen) atoms. The van der Waals surface area contributed by atoms with Crippen molar-refractivity contribution in [2.75, 3.05) is 0 Å². The van der Waals surface area contributed by atoms with Crippen molar-refractivity contribution in [3.63, 3.8) is 0 Å². The summed E-state index contributed by atoms with van der Waals surface area (Å²) in [4.78, 5) is 0. The largest absolute Gasteiger partial charge is 0.393 e. The van der Waals surface area contributed by atoms with Crippen molar-refractivity contribution in [3.05, 3.63) is 119 Å². The standard InChI is InChI=1S/C40H56O3/c1-29(17-13-19-31(3)21-22-36-33(5)25-34(41)26-37(36,6)7)15-11-12-16-30(2)18-14-20-32(4)23-24-40-38(8,9)27-35(42)28-39(40,10)43-40/h11-24,34-35,41-42H,25-28H2,1-10H3/t34-,35+,39-,40+/m1/s1. The van der Waals surface area contributed by atoms with Gasteiger partial charge in [-0.1, -0.05) is 135 Å². The Bertz CT molecular complexity index is 1330. The van der Waals surface area contributed by atoms with E-state index in [2.05, 4.69) is 154 Å². The maximum Gasteiger partial charge on any atom is 0.121 e. The fourth-order valence-electron chi connectivity index (χ4n) is 7.06. The summed E-state index contributed by atoms with van der Waals surface area (Å²) in [6.45, 7) is 21.5. The van der Waals surface area contributed by atoms with Crippen LogP contribution < -0.4 is 0 Å². The number of fused-ring (bicyclic) bond motifs is 1. The van der Waals surface area contributed by atoms with Crippen LogP contribution in [0.3, 0.4) is 0 Å². The third kappa shape index (κ3) is 8.91. The van der Waals surface area contributed by atoms with Crippen molar-refractivity contribution in [3.8, 4) is 0 Å². The highest BCUT2D eigenvalue weighted by Crippen LogP contribution is 2.66. The Hall–Kier alpha value is -2.72. The Morgan fingerprint density at radius 3 is 1.72 bits per heavy atom. The Morgan fingerprint density at radius 2 is 1.19 bits per heavy atom. The van der Waals surface area contributed by atoms with E-state index >= 15 is 0 Å². The van der Waals surface area contributed by atoms with Crippen LogP contribution in [-0.4, -0.2) is 33.6 Å². The van der Waals surface area contributed by atoms with Gasteiger partial charge in [-0.05, 0) is 77.9 Å². The van der Waals surface area contributed by atoms with Crippen LogP contribution in [0.15, 0.2) is 119 Å². The van der Waals surface area contributed by atoms with Gasteiger partial charge in [0.15, 0.2) is 0 Å². The average Bonchev–Trinajstić information content (AvgIpc) is 3.49. The summed E-state index contributed by atoms with van der Waals surface area (Å²) >= 11 is 0. The monoisotopic (exact) mass is 584 g/mol. The Labute approximate surface area is 262 Å². The molecule has 1 heterocycles. The quantitative estimate of drug-likeness (QED) is 0.198. The predicted molar refractivity (Wildman–Crippen MR) is 184 cm³/mol. The zero-order valence-electron chi connectivity index (χ0n) is 28.4. The minimum Gasteiger partial charge on any atom is -0.393 e. The van der Waals surface area contributed by atoms with E-state index < -0.39 is 0 Å². The van der Waals surface area contributed by atoms with Gasteiger partial charge in [-0.3, -0.25) is 0 Å². The Balaban J connectivity index is 1.50. The molecule has 0 aromatic rings. The average molecular weight is 585 g/mol. The lowest BCUT2D eigenvalue weighted by atomic mass is 9.63. The second-order valence-corrected chi connectivity index (χ2v) is 14.6. The summed E-state index contributed by atoms with van der Waals surface area (Å²) < 4.78 is 6.25. The summed E-state index contributed by atoms with van der Waals surface area (Å²) in [5.41, 5.74) is 6.71. The zero-order valence-corrected chi connectivity index (χ0v) is 28.4. The summed E-state index contributed by atoms with van der Waals surface area (Å²) in [5.74, 6) is 0. The molecule has 1 saturated carbocycles. The van der Waals surface area contributed by atoms with Gasteiger partial charge in [-0.2, -0.15) is 0 Å².